The van der Waals surface area contributed by atoms with E-state index in [2.05, 4.69) is 20.6 Å². The number of halogens is 2. The summed E-state index contributed by atoms with van der Waals surface area (Å²) < 4.78 is 5.73. The van der Waals surface area contributed by atoms with Gasteiger partial charge < -0.3 is 20.0 Å². The van der Waals surface area contributed by atoms with Crippen LogP contribution < -0.4 is 10.6 Å². The molecule has 178 valence electrons. The first-order valence-electron chi connectivity index (χ1n) is 10.8. The number of carbonyl (C=O) groups excluding carboxylic acids is 3. The van der Waals surface area contributed by atoms with Crippen molar-refractivity contribution >= 4 is 63.5 Å². The summed E-state index contributed by atoms with van der Waals surface area (Å²) in [5.74, 6) is -0.935. The fraction of sp³-hybridized carbons (Fsp3) is 0.348. The number of nitrogens with one attached hydrogen (secondary N) is 2. The normalized spacial score (nSPS) is 17.9. The van der Waals surface area contributed by atoms with Crippen molar-refractivity contribution in [2.24, 2.45) is 5.92 Å². The zero-order valence-corrected chi connectivity index (χ0v) is 20.1. The monoisotopic (exact) mass is 503 g/mol. The topological polar surface area (TPSA) is 117 Å². The highest BCUT2D eigenvalue weighted by Gasteiger charge is 2.31. The minimum absolute atomic E-state index is 0.00772. The predicted molar refractivity (Wildman–Crippen MR) is 129 cm³/mol. The lowest BCUT2D eigenvalue weighted by Crippen LogP contribution is -2.40. The molecule has 0 aromatic carbocycles. The second-order valence-corrected chi connectivity index (χ2v) is 9.12. The van der Waals surface area contributed by atoms with Crippen LogP contribution in [0.3, 0.4) is 0 Å². The molecule has 0 radical (unpaired) electrons. The highest BCUT2D eigenvalue weighted by Crippen LogP contribution is 2.34. The summed E-state index contributed by atoms with van der Waals surface area (Å²) in [5.41, 5.74) is 0.756. The Kier molecular flexibility index (Phi) is 7.04. The summed E-state index contributed by atoms with van der Waals surface area (Å²) in [6.07, 6.45) is 5.52. The summed E-state index contributed by atoms with van der Waals surface area (Å²) in [7, 11) is 1.78. The Morgan fingerprint density at radius 2 is 1.74 bits per heavy atom. The molecule has 3 aromatic rings. The van der Waals surface area contributed by atoms with E-state index in [-0.39, 0.29) is 46.6 Å². The van der Waals surface area contributed by atoms with E-state index in [1.165, 1.54) is 25.4 Å². The van der Waals surface area contributed by atoms with Gasteiger partial charge in [-0.25, -0.2) is 9.97 Å². The van der Waals surface area contributed by atoms with Gasteiger partial charge in [-0.2, -0.15) is 0 Å². The van der Waals surface area contributed by atoms with E-state index in [1.807, 2.05) is 0 Å². The van der Waals surface area contributed by atoms with E-state index in [9.17, 15) is 14.4 Å². The van der Waals surface area contributed by atoms with Crippen LogP contribution in [0.2, 0.25) is 10.0 Å². The first kappa shape index (κ1) is 24.0. The lowest BCUT2D eigenvalue weighted by atomic mass is 9.85. The highest BCUT2D eigenvalue weighted by atomic mass is 35.5. The average molecular weight is 504 g/mol. The Morgan fingerprint density at radius 3 is 2.38 bits per heavy atom. The summed E-state index contributed by atoms with van der Waals surface area (Å²) >= 11 is 11.9. The number of hydrogen-bond acceptors (Lipinski definition) is 6. The quantitative estimate of drug-likeness (QED) is 0.518. The second-order valence-electron chi connectivity index (χ2n) is 8.25. The molecule has 4 rings (SSSR count). The first-order valence-corrected chi connectivity index (χ1v) is 11.5. The molecule has 0 saturated heterocycles. The number of carbonyl (C=O) groups is 3. The van der Waals surface area contributed by atoms with Crippen LogP contribution in [-0.4, -0.2) is 45.7 Å². The zero-order chi connectivity index (χ0) is 24.4. The molecule has 3 heterocycles. The van der Waals surface area contributed by atoms with E-state index in [4.69, 9.17) is 27.6 Å². The zero-order valence-electron chi connectivity index (χ0n) is 18.6. The molecule has 1 aliphatic carbocycles. The van der Waals surface area contributed by atoms with Crippen molar-refractivity contribution in [2.45, 2.75) is 38.6 Å². The molecule has 34 heavy (non-hydrogen) atoms. The van der Waals surface area contributed by atoms with E-state index in [0.29, 0.717) is 28.4 Å². The van der Waals surface area contributed by atoms with E-state index in [1.54, 1.807) is 24.1 Å². The Bertz CT molecular complexity index is 1240. The first-order chi connectivity index (χ1) is 16.2. The van der Waals surface area contributed by atoms with Gasteiger partial charge >= 0.3 is 0 Å². The molecule has 0 bridgehead atoms. The smallest absolute Gasteiger partial charge is 0.294 e. The molecule has 0 spiro atoms. The van der Waals surface area contributed by atoms with Gasteiger partial charge in [0.1, 0.15) is 17.0 Å². The SMILES string of the molecule is CC(=O)N(C)C1CCC(C(=O)Nc2c(C(=O)Nc3ccc(Cl)cn3)oc3cc(Cl)cnc23)CC1. The van der Waals surface area contributed by atoms with Crippen LogP contribution in [0.25, 0.3) is 11.1 Å². The van der Waals surface area contributed by atoms with Crippen LogP contribution in [0.1, 0.15) is 43.2 Å². The van der Waals surface area contributed by atoms with Crippen LogP contribution >= 0.6 is 23.2 Å². The molecular formula is C23H23Cl2N5O4. The number of nitrogens with zero attached hydrogens (tertiary/aromatic N) is 3. The summed E-state index contributed by atoms with van der Waals surface area (Å²) in [6.45, 7) is 1.54. The summed E-state index contributed by atoms with van der Waals surface area (Å²) in [5, 5.41) is 6.24. The van der Waals surface area contributed by atoms with Crippen molar-refractivity contribution < 1.29 is 18.8 Å². The molecule has 3 aromatic heterocycles. The van der Waals surface area contributed by atoms with Crippen LogP contribution in [0.4, 0.5) is 11.5 Å². The number of amides is 3. The van der Waals surface area contributed by atoms with Gasteiger partial charge in [-0.15, -0.1) is 0 Å². The van der Waals surface area contributed by atoms with Crippen molar-refractivity contribution in [1.29, 1.82) is 0 Å². The third kappa shape index (κ3) is 5.15. The van der Waals surface area contributed by atoms with E-state index in [0.717, 1.165) is 12.8 Å². The second kappa shape index (κ2) is 9.99. The number of hydrogen-bond donors (Lipinski definition) is 2. The minimum atomic E-state index is -0.606. The number of furan rings is 1. The van der Waals surface area contributed by atoms with Gasteiger partial charge in [-0.05, 0) is 37.8 Å². The predicted octanol–water partition coefficient (Wildman–Crippen LogP) is 4.76. The van der Waals surface area contributed by atoms with Crippen molar-refractivity contribution in [3.63, 3.8) is 0 Å². The number of pyridine rings is 2. The van der Waals surface area contributed by atoms with Crippen LogP contribution in [0.15, 0.2) is 35.0 Å². The number of rotatable bonds is 5. The van der Waals surface area contributed by atoms with Crippen LogP contribution in [0.5, 0.6) is 0 Å². The fourth-order valence-electron chi connectivity index (χ4n) is 4.06. The molecule has 1 fully saturated rings. The number of aromatic nitrogens is 2. The molecule has 1 saturated carbocycles. The van der Waals surface area contributed by atoms with E-state index < -0.39 is 5.91 Å². The minimum Gasteiger partial charge on any atom is -0.447 e. The standard InChI is InChI=1S/C23H23Cl2N5O4/c1-12(31)30(2)16-6-3-13(4-7-16)22(32)29-20-19-17(9-15(25)11-27-19)34-21(20)23(33)28-18-8-5-14(24)10-26-18/h5,8-11,13,16H,3-4,6-7H2,1-2H3,(H,29,32)(H,26,28,33). The third-order valence-electron chi connectivity index (χ3n) is 6.03. The third-order valence-corrected chi connectivity index (χ3v) is 6.46. The van der Waals surface area contributed by atoms with Crippen molar-refractivity contribution in [3.05, 3.63) is 46.4 Å². The summed E-state index contributed by atoms with van der Waals surface area (Å²) in [4.78, 5) is 47.8. The van der Waals surface area contributed by atoms with Crippen LogP contribution in [0, 0.1) is 5.92 Å². The van der Waals surface area contributed by atoms with Gasteiger partial charge in [0.15, 0.2) is 5.58 Å². The lowest BCUT2D eigenvalue weighted by molar-refractivity contribution is -0.130. The van der Waals surface area contributed by atoms with Gasteiger partial charge in [-0.3, -0.25) is 14.4 Å². The maximum absolute atomic E-state index is 13.1. The Labute approximate surface area is 205 Å². The van der Waals surface area contributed by atoms with Gasteiger partial charge in [0.25, 0.3) is 5.91 Å². The summed E-state index contributed by atoms with van der Waals surface area (Å²) in [6, 6.07) is 4.78. The molecule has 0 aliphatic heterocycles. The molecular weight excluding hydrogens is 481 g/mol. The Morgan fingerprint density at radius 1 is 1.03 bits per heavy atom. The molecule has 9 nitrogen and oxygen atoms in total. The van der Waals surface area contributed by atoms with Crippen molar-refractivity contribution in [3.8, 4) is 0 Å². The number of fused-ring (bicyclic) bond motifs is 1. The highest BCUT2D eigenvalue weighted by molar-refractivity contribution is 6.31. The maximum atomic E-state index is 13.1. The van der Waals surface area contributed by atoms with Crippen molar-refractivity contribution in [2.75, 3.05) is 17.7 Å². The lowest BCUT2D eigenvalue weighted by Gasteiger charge is -2.33. The number of anilines is 2. The maximum Gasteiger partial charge on any atom is 0.294 e. The molecule has 11 heteroatoms. The molecule has 1 aliphatic rings. The van der Waals surface area contributed by atoms with Crippen molar-refractivity contribution in [1.82, 2.24) is 14.9 Å². The molecule has 0 unspecified atom stereocenters. The Hall–Kier alpha value is -3.17. The molecule has 3 amide bonds. The fourth-order valence-corrected chi connectivity index (χ4v) is 4.32. The van der Waals surface area contributed by atoms with Crippen LogP contribution in [-0.2, 0) is 9.59 Å². The largest absolute Gasteiger partial charge is 0.447 e. The molecule has 2 N–H and O–H groups in total. The van der Waals surface area contributed by atoms with E-state index >= 15 is 0 Å². The molecule has 0 atom stereocenters. The van der Waals surface area contributed by atoms with Gasteiger partial charge in [0.05, 0.1) is 10.0 Å². The Balaban J connectivity index is 1.55. The average Bonchev–Trinajstić information content (AvgIpc) is 3.17. The van der Waals surface area contributed by atoms with Gasteiger partial charge in [0.2, 0.25) is 17.6 Å². The van der Waals surface area contributed by atoms with Gasteiger partial charge in [0, 0.05) is 44.4 Å². The van der Waals surface area contributed by atoms with Gasteiger partial charge in [-0.1, -0.05) is 23.2 Å².